The molecule has 0 bridgehead atoms. The Balaban J connectivity index is 1.65. The molecule has 1 aromatic heterocycles. The molecule has 1 fully saturated rings. The molecule has 4 nitrogen and oxygen atoms in total. The fraction of sp³-hybridized carbons (Fsp3) is 0.500. The molecule has 1 atom stereocenters. The second-order valence-corrected chi connectivity index (χ2v) is 5.51. The summed E-state index contributed by atoms with van der Waals surface area (Å²) in [4.78, 5) is 4.46. The lowest BCUT2D eigenvalue weighted by molar-refractivity contribution is 0.164. The van der Waals surface area contributed by atoms with E-state index in [1.165, 1.54) is 19.3 Å². The van der Waals surface area contributed by atoms with E-state index in [0.717, 1.165) is 24.2 Å². The number of aliphatic hydroxyl groups excluding tert-OH is 1. The van der Waals surface area contributed by atoms with Gasteiger partial charge in [-0.25, -0.2) is 0 Å². The van der Waals surface area contributed by atoms with Gasteiger partial charge in [-0.05, 0) is 18.4 Å². The van der Waals surface area contributed by atoms with Crippen LogP contribution >= 0.6 is 0 Å². The number of hydrogen-bond acceptors (Lipinski definition) is 4. The molecule has 1 aromatic carbocycles. The number of benzene rings is 1. The van der Waals surface area contributed by atoms with Crippen LogP contribution in [-0.4, -0.2) is 15.2 Å². The molecule has 1 N–H and O–H groups in total. The molecular formula is C16H20N2O2. The van der Waals surface area contributed by atoms with Gasteiger partial charge in [-0.15, -0.1) is 0 Å². The van der Waals surface area contributed by atoms with Crippen LogP contribution in [0.2, 0.25) is 0 Å². The first-order valence-corrected chi connectivity index (χ1v) is 7.38. The summed E-state index contributed by atoms with van der Waals surface area (Å²) in [6.45, 7) is 0. The van der Waals surface area contributed by atoms with Crippen LogP contribution in [0.3, 0.4) is 0 Å². The van der Waals surface area contributed by atoms with Crippen molar-refractivity contribution in [1.82, 2.24) is 10.1 Å². The van der Waals surface area contributed by atoms with Crippen molar-refractivity contribution < 1.29 is 9.63 Å². The van der Waals surface area contributed by atoms with Gasteiger partial charge in [-0.1, -0.05) is 54.8 Å². The molecule has 3 rings (SSSR count). The van der Waals surface area contributed by atoms with Crippen LogP contribution in [0, 0.1) is 0 Å². The van der Waals surface area contributed by atoms with E-state index in [9.17, 15) is 5.11 Å². The minimum absolute atomic E-state index is 0.379. The minimum Gasteiger partial charge on any atom is -0.388 e. The van der Waals surface area contributed by atoms with E-state index in [-0.39, 0.29) is 0 Å². The quantitative estimate of drug-likeness (QED) is 0.926. The Kier molecular flexibility index (Phi) is 4.11. The van der Waals surface area contributed by atoms with Gasteiger partial charge >= 0.3 is 0 Å². The van der Waals surface area contributed by atoms with Gasteiger partial charge in [0.1, 0.15) is 0 Å². The van der Waals surface area contributed by atoms with E-state index in [1.54, 1.807) is 0 Å². The van der Waals surface area contributed by atoms with Gasteiger partial charge in [-0.2, -0.15) is 4.98 Å². The summed E-state index contributed by atoms with van der Waals surface area (Å²) in [5.74, 6) is 1.79. The number of aliphatic hydroxyl groups is 1. The number of hydrogen-bond donors (Lipinski definition) is 1. The third kappa shape index (κ3) is 3.07. The fourth-order valence-electron chi connectivity index (χ4n) is 2.84. The summed E-state index contributed by atoms with van der Waals surface area (Å²) >= 11 is 0. The second kappa shape index (κ2) is 6.18. The Morgan fingerprint density at radius 2 is 1.90 bits per heavy atom. The minimum atomic E-state index is -0.587. The summed E-state index contributed by atoms with van der Waals surface area (Å²) in [5, 5.41) is 14.3. The van der Waals surface area contributed by atoms with Crippen molar-refractivity contribution in [3.05, 3.63) is 47.6 Å². The van der Waals surface area contributed by atoms with Gasteiger partial charge in [-0.3, -0.25) is 0 Å². The summed E-state index contributed by atoms with van der Waals surface area (Å²) in [5.41, 5.74) is 0.880. The van der Waals surface area contributed by atoms with Crippen LogP contribution in [0.5, 0.6) is 0 Å². The average Bonchev–Trinajstić information content (AvgIpc) is 2.97. The molecule has 1 heterocycles. The molecule has 106 valence electrons. The van der Waals surface area contributed by atoms with Crippen LogP contribution in [0.15, 0.2) is 34.9 Å². The topological polar surface area (TPSA) is 59.2 Å². The molecule has 0 amide bonds. The number of aromatic nitrogens is 2. The Morgan fingerprint density at radius 3 is 2.65 bits per heavy atom. The highest BCUT2D eigenvalue weighted by Gasteiger charge is 2.21. The molecule has 1 saturated carbocycles. The molecule has 20 heavy (non-hydrogen) atoms. The van der Waals surface area contributed by atoms with E-state index in [4.69, 9.17) is 4.52 Å². The smallest absolute Gasteiger partial charge is 0.229 e. The number of rotatable bonds is 4. The first kappa shape index (κ1) is 13.3. The predicted octanol–water partition coefficient (Wildman–Crippen LogP) is 3.39. The maximum absolute atomic E-state index is 10.2. The van der Waals surface area contributed by atoms with E-state index >= 15 is 0 Å². The fourth-order valence-corrected chi connectivity index (χ4v) is 2.84. The van der Waals surface area contributed by atoms with E-state index < -0.39 is 6.10 Å². The van der Waals surface area contributed by atoms with Gasteiger partial charge < -0.3 is 9.63 Å². The maximum atomic E-state index is 10.2. The third-order valence-electron chi connectivity index (χ3n) is 4.01. The standard InChI is InChI=1S/C16H20N2O2/c19-14(12-7-3-1-4-8-12)11-15-17-16(18-20-15)13-9-5-2-6-10-13/h1,3-4,7-8,13-14,19H,2,5-6,9-11H2. The Morgan fingerprint density at radius 1 is 1.15 bits per heavy atom. The molecule has 0 saturated heterocycles. The normalized spacial score (nSPS) is 18.1. The monoisotopic (exact) mass is 272 g/mol. The average molecular weight is 272 g/mol. The first-order chi connectivity index (χ1) is 9.83. The van der Waals surface area contributed by atoms with Crippen molar-refractivity contribution in [2.24, 2.45) is 0 Å². The maximum Gasteiger partial charge on any atom is 0.229 e. The summed E-state index contributed by atoms with van der Waals surface area (Å²) in [6, 6.07) is 9.58. The zero-order chi connectivity index (χ0) is 13.8. The van der Waals surface area contributed by atoms with Crippen LogP contribution in [0.1, 0.15) is 61.4 Å². The lowest BCUT2D eigenvalue weighted by Crippen LogP contribution is -2.07. The van der Waals surface area contributed by atoms with Gasteiger partial charge in [0.2, 0.25) is 5.89 Å². The lowest BCUT2D eigenvalue weighted by atomic mass is 9.89. The zero-order valence-electron chi connectivity index (χ0n) is 11.5. The van der Waals surface area contributed by atoms with Crippen molar-refractivity contribution in [2.75, 3.05) is 0 Å². The SMILES string of the molecule is OC(Cc1nc(C2CCCCC2)no1)c1ccccc1. The zero-order valence-corrected chi connectivity index (χ0v) is 11.5. The van der Waals surface area contributed by atoms with Gasteiger partial charge in [0.25, 0.3) is 0 Å². The van der Waals surface area contributed by atoms with Crippen LogP contribution in [-0.2, 0) is 6.42 Å². The highest BCUT2D eigenvalue weighted by molar-refractivity contribution is 5.18. The molecule has 0 radical (unpaired) electrons. The Bertz CT molecular complexity index is 532. The van der Waals surface area contributed by atoms with E-state index in [0.29, 0.717) is 18.2 Å². The van der Waals surface area contributed by atoms with Gasteiger partial charge in [0.05, 0.1) is 12.5 Å². The van der Waals surface area contributed by atoms with Crippen molar-refractivity contribution in [2.45, 2.75) is 50.5 Å². The van der Waals surface area contributed by atoms with Crippen molar-refractivity contribution in [1.29, 1.82) is 0 Å². The van der Waals surface area contributed by atoms with E-state index in [1.807, 2.05) is 30.3 Å². The van der Waals surface area contributed by atoms with Crippen LogP contribution in [0.25, 0.3) is 0 Å². The van der Waals surface area contributed by atoms with E-state index in [2.05, 4.69) is 10.1 Å². The summed E-state index contributed by atoms with van der Waals surface area (Å²) in [6.07, 6.45) is 5.91. The lowest BCUT2D eigenvalue weighted by Gasteiger charge is -2.17. The number of nitrogens with zero attached hydrogens (tertiary/aromatic N) is 2. The van der Waals surface area contributed by atoms with Gasteiger partial charge in [0.15, 0.2) is 5.82 Å². The Hall–Kier alpha value is -1.68. The largest absolute Gasteiger partial charge is 0.388 e. The molecular weight excluding hydrogens is 252 g/mol. The van der Waals surface area contributed by atoms with Crippen LogP contribution < -0.4 is 0 Å². The van der Waals surface area contributed by atoms with Crippen molar-refractivity contribution in [3.8, 4) is 0 Å². The molecule has 1 aliphatic carbocycles. The first-order valence-electron chi connectivity index (χ1n) is 7.38. The Labute approximate surface area is 118 Å². The van der Waals surface area contributed by atoms with Gasteiger partial charge in [0, 0.05) is 5.92 Å². The molecule has 1 unspecified atom stereocenters. The summed E-state index contributed by atoms with van der Waals surface area (Å²) < 4.78 is 5.29. The molecule has 1 aliphatic rings. The molecule has 4 heteroatoms. The second-order valence-electron chi connectivity index (χ2n) is 5.51. The molecule has 0 aliphatic heterocycles. The highest BCUT2D eigenvalue weighted by atomic mass is 16.5. The highest BCUT2D eigenvalue weighted by Crippen LogP contribution is 2.31. The predicted molar refractivity (Wildman–Crippen MR) is 75.2 cm³/mol. The van der Waals surface area contributed by atoms with Crippen molar-refractivity contribution in [3.63, 3.8) is 0 Å². The summed E-state index contributed by atoms with van der Waals surface area (Å²) in [7, 11) is 0. The molecule has 2 aromatic rings. The third-order valence-corrected chi connectivity index (χ3v) is 4.01. The van der Waals surface area contributed by atoms with Crippen LogP contribution in [0.4, 0.5) is 0 Å². The molecule has 0 spiro atoms. The van der Waals surface area contributed by atoms with Crippen molar-refractivity contribution >= 4 is 0 Å².